The Kier molecular flexibility index (Phi) is 5.17. The standard InChI is InChI=1S/C14H20N2O.ClH/c1-10-5-6-11(2)13(8-10)14(17)16-7-3-4-12(15)9-16;/h5-6,8,12H,3-4,7,9,15H2,1-2H3;1H. The van der Waals surface area contributed by atoms with Crippen LogP contribution in [0.15, 0.2) is 18.2 Å². The van der Waals surface area contributed by atoms with Gasteiger partial charge in [0.05, 0.1) is 0 Å². The summed E-state index contributed by atoms with van der Waals surface area (Å²) in [6, 6.07) is 6.15. The van der Waals surface area contributed by atoms with Gasteiger partial charge in [-0.25, -0.2) is 0 Å². The van der Waals surface area contributed by atoms with E-state index in [1.807, 2.05) is 36.9 Å². The van der Waals surface area contributed by atoms with Crippen molar-refractivity contribution in [2.45, 2.75) is 32.7 Å². The highest BCUT2D eigenvalue weighted by Crippen LogP contribution is 2.16. The lowest BCUT2D eigenvalue weighted by Gasteiger charge is -2.31. The molecule has 1 aliphatic heterocycles. The number of nitrogens with two attached hydrogens (primary N) is 1. The predicted octanol–water partition coefficient (Wildman–Crippen LogP) is 2.29. The first-order valence-electron chi connectivity index (χ1n) is 6.20. The number of hydrogen-bond acceptors (Lipinski definition) is 2. The number of likely N-dealkylation sites (tertiary alicyclic amines) is 1. The highest BCUT2D eigenvalue weighted by atomic mass is 35.5. The summed E-state index contributed by atoms with van der Waals surface area (Å²) in [6.45, 7) is 5.51. The van der Waals surface area contributed by atoms with Crippen molar-refractivity contribution >= 4 is 18.3 Å². The predicted molar refractivity (Wildman–Crippen MR) is 76.3 cm³/mol. The zero-order valence-corrected chi connectivity index (χ0v) is 11.8. The maximum absolute atomic E-state index is 12.4. The molecular formula is C14H21ClN2O. The Morgan fingerprint density at radius 2 is 2.11 bits per heavy atom. The number of aryl methyl sites for hydroxylation is 2. The normalized spacial score (nSPS) is 19.3. The van der Waals surface area contributed by atoms with Crippen molar-refractivity contribution in [2.75, 3.05) is 13.1 Å². The number of rotatable bonds is 1. The van der Waals surface area contributed by atoms with Gasteiger partial charge in [-0.05, 0) is 38.3 Å². The molecule has 2 N–H and O–H groups in total. The maximum atomic E-state index is 12.4. The molecule has 1 aliphatic rings. The Morgan fingerprint density at radius 3 is 2.78 bits per heavy atom. The van der Waals surface area contributed by atoms with E-state index in [1.54, 1.807) is 0 Å². The fraction of sp³-hybridized carbons (Fsp3) is 0.500. The maximum Gasteiger partial charge on any atom is 0.254 e. The number of benzene rings is 1. The largest absolute Gasteiger partial charge is 0.337 e. The summed E-state index contributed by atoms with van der Waals surface area (Å²) in [4.78, 5) is 14.3. The van der Waals surface area contributed by atoms with E-state index in [2.05, 4.69) is 0 Å². The first-order valence-corrected chi connectivity index (χ1v) is 6.20. The molecule has 3 nitrogen and oxygen atoms in total. The van der Waals surface area contributed by atoms with Crippen LogP contribution in [-0.2, 0) is 0 Å². The second-order valence-electron chi connectivity index (χ2n) is 4.97. The topological polar surface area (TPSA) is 46.3 Å². The fourth-order valence-corrected chi connectivity index (χ4v) is 2.33. The van der Waals surface area contributed by atoms with Crippen LogP contribution >= 0.6 is 12.4 Å². The summed E-state index contributed by atoms with van der Waals surface area (Å²) in [5, 5.41) is 0. The molecule has 100 valence electrons. The average Bonchev–Trinajstić information content (AvgIpc) is 2.31. The van der Waals surface area contributed by atoms with E-state index in [1.165, 1.54) is 0 Å². The van der Waals surface area contributed by atoms with Crippen LogP contribution < -0.4 is 5.73 Å². The minimum absolute atomic E-state index is 0. The number of carbonyl (C=O) groups excluding carboxylic acids is 1. The third-order valence-corrected chi connectivity index (χ3v) is 3.37. The number of amides is 1. The zero-order valence-electron chi connectivity index (χ0n) is 11.0. The molecular weight excluding hydrogens is 248 g/mol. The van der Waals surface area contributed by atoms with Gasteiger partial charge in [-0.2, -0.15) is 0 Å². The summed E-state index contributed by atoms with van der Waals surface area (Å²) in [5.41, 5.74) is 8.90. The van der Waals surface area contributed by atoms with Gasteiger partial charge in [0.15, 0.2) is 0 Å². The molecule has 0 aliphatic carbocycles. The van der Waals surface area contributed by atoms with Crippen molar-refractivity contribution in [3.8, 4) is 0 Å². The highest BCUT2D eigenvalue weighted by molar-refractivity contribution is 5.95. The molecule has 1 amide bonds. The lowest BCUT2D eigenvalue weighted by molar-refractivity contribution is 0.0708. The molecule has 18 heavy (non-hydrogen) atoms. The summed E-state index contributed by atoms with van der Waals surface area (Å²) >= 11 is 0. The Labute approximate surface area is 115 Å². The van der Waals surface area contributed by atoms with Crippen LogP contribution in [0.4, 0.5) is 0 Å². The van der Waals surface area contributed by atoms with Gasteiger partial charge in [0.2, 0.25) is 0 Å². The molecule has 1 saturated heterocycles. The number of carbonyl (C=O) groups is 1. The van der Waals surface area contributed by atoms with E-state index in [4.69, 9.17) is 5.73 Å². The van der Waals surface area contributed by atoms with Crippen molar-refractivity contribution in [3.63, 3.8) is 0 Å². The number of hydrogen-bond donors (Lipinski definition) is 1. The van der Waals surface area contributed by atoms with Gasteiger partial charge < -0.3 is 10.6 Å². The molecule has 0 bridgehead atoms. The molecule has 1 aromatic carbocycles. The quantitative estimate of drug-likeness (QED) is 0.849. The third kappa shape index (κ3) is 3.24. The van der Waals surface area contributed by atoms with Crippen LogP contribution in [0.3, 0.4) is 0 Å². The van der Waals surface area contributed by atoms with Gasteiger partial charge in [0.1, 0.15) is 0 Å². The lowest BCUT2D eigenvalue weighted by Crippen LogP contribution is -2.45. The Hall–Kier alpha value is -1.06. The number of piperidine rings is 1. The first-order chi connectivity index (χ1) is 8.08. The molecule has 0 aromatic heterocycles. The third-order valence-electron chi connectivity index (χ3n) is 3.37. The smallest absolute Gasteiger partial charge is 0.254 e. The molecule has 4 heteroatoms. The van der Waals surface area contributed by atoms with Crippen molar-refractivity contribution in [1.82, 2.24) is 4.90 Å². The van der Waals surface area contributed by atoms with Gasteiger partial charge in [0.25, 0.3) is 5.91 Å². The van der Waals surface area contributed by atoms with E-state index in [0.717, 1.165) is 36.1 Å². The van der Waals surface area contributed by atoms with E-state index in [0.29, 0.717) is 6.54 Å². The van der Waals surface area contributed by atoms with Crippen LogP contribution in [0.25, 0.3) is 0 Å². The lowest BCUT2D eigenvalue weighted by atomic mass is 10.0. The van der Waals surface area contributed by atoms with E-state index in [-0.39, 0.29) is 24.4 Å². The van der Waals surface area contributed by atoms with Crippen LogP contribution in [-0.4, -0.2) is 29.9 Å². The fourth-order valence-electron chi connectivity index (χ4n) is 2.33. The van der Waals surface area contributed by atoms with Crippen LogP contribution in [0.1, 0.15) is 34.3 Å². The van der Waals surface area contributed by atoms with Gasteiger partial charge >= 0.3 is 0 Å². The van der Waals surface area contributed by atoms with Crippen molar-refractivity contribution in [2.24, 2.45) is 5.73 Å². The minimum atomic E-state index is 0. The first kappa shape index (κ1) is 15.0. The van der Waals surface area contributed by atoms with Crippen molar-refractivity contribution < 1.29 is 4.79 Å². The molecule has 1 fully saturated rings. The molecule has 1 unspecified atom stereocenters. The second kappa shape index (κ2) is 6.21. The van der Waals surface area contributed by atoms with Gasteiger partial charge in [-0.1, -0.05) is 17.7 Å². The van der Waals surface area contributed by atoms with Crippen molar-refractivity contribution in [3.05, 3.63) is 34.9 Å². The van der Waals surface area contributed by atoms with Crippen LogP contribution in [0.5, 0.6) is 0 Å². The Balaban J connectivity index is 0.00000162. The SMILES string of the molecule is Cc1ccc(C)c(C(=O)N2CCCC(N)C2)c1.Cl. The second-order valence-corrected chi connectivity index (χ2v) is 4.97. The van der Waals surface area contributed by atoms with Crippen LogP contribution in [0, 0.1) is 13.8 Å². The van der Waals surface area contributed by atoms with Gasteiger partial charge in [0, 0.05) is 24.7 Å². The average molecular weight is 269 g/mol. The Bertz CT molecular complexity index is 434. The van der Waals surface area contributed by atoms with E-state index < -0.39 is 0 Å². The van der Waals surface area contributed by atoms with Gasteiger partial charge in [-0.15, -0.1) is 12.4 Å². The van der Waals surface area contributed by atoms with E-state index in [9.17, 15) is 4.79 Å². The highest BCUT2D eigenvalue weighted by Gasteiger charge is 2.23. The molecule has 1 atom stereocenters. The molecule has 1 aromatic rings. The summed E-state index contributed by atoms with van der Waals surface area (Å²) < 4.78 is 0. The summed E-state index contributed by atoms with van der Waals surface area (Å²) in [7, 11) is 0. The Morgan fingerprint density at radius 1 is 1.39 bits per heavy atom. The summed E-state index contributed by atoms with van der Waals surface area (Å²) in [5.74, 6) is 0.126. The van der Waals surface area contributed by atoms with E-state index >= 15 is 0 Å². The van der Waals surface area contributed by atoms with Gasteiger partial charge in [-0.3, -0.25) is 4.79 Å². The summed E-state index contributed by atoms with van der Waals surface area (Å²) in [6.07, 6.45) is 2.04. The van der Waals surface area contributed by atoms with Crippen LogP contribution in [0.2, 0.25) is 0 Å². The van der Waals surface area contributed by atoms with Crippen molar-refractivity contribution in [1.29, 1.82) is 0 Å². The number of nitrogens with zero attached hydrogens (tertiary/aromatic N) is 1. The zero-order chi connectivity index (χ0) is 12.4. The number of halogens is 1. The molecule has 0 saturated carbocycles. The molecule has 0 spiro atoms. The molecule has 0 radical (unpaired) electrons. The monoisotopic (exact) mass is 268 g/mol. The molecule has 1 heterocycles. The molecule has 2 rings (SSSR count). The minimum Gasteiger partial charge on any atom is -0.337 e.